The van der Waals surface area contributed by atoms with Crippen LogP contribution in [-0.2, 0) is 50.9 Å². The van der Waals surface area contributed by atoms with Crippen LogP contribution < -0.4 is 0 Å². The van der Waals surface area contributed by atoms with E-state index in [9.17, 15) is 9.59 Å². The number of carbonyl (C=O) groups is 2. The zero-order chi connectivity index (χ0) is 47.7. The lowest BCUT2D eigenvalue weighted by atomic mass is 9.56. The highest BCUT2D eigenvalue weighted by molar-refractivity contribution is 6.24. The van der Waals surface area contributed by atoms with Crippen LogP contribution in [0.25, 0.3) is 64.6 Å². The molecule has 8 heteroatoms. The Kier molecular flexibility index (Phi) is 11.7. The van der Waals surface area contributed by atoms with E-state index in [2.05, 4.69) is 121 Å². The molecule has 1 heterocycles. The van der Waals surface area contributed by atoms with Gasteiger partial charge in [-0.25, -0.2) is 0 Å². The molecule has 1 saturated heterocycles. The molecule has 12 rings (SSSR count). The second kappa shape index (κ2) is 18.1. The zero-order valence-corrected chi connectivity index (χ0v) is 40.7. The van der Waals surface area contributed by atoms with Gasteiger partial charge in [-0.05, 0) is 164 Å². The number of allylic oxidation sites excluding steroid dienone is 2. The molecule has 0 N–H and O–H groups in total. The second-order valence-electron chi connectivity index (χ2n) is 21.1. The zero-order valence-electron chi connectivity index (χ0n) is 40.7. The summed E-state index contributed by atoms with van der Waals surface area (Å²) in [6.45, 7) is 4.27. The molecule has 1 aliphatic heterocycles. The monoisotopic (exact) mass is 934 g/mol. The van der Waals surface area contributed by atoms with Gasteiger partial charge in [0.2, 0.25) is 11.6 Å². The first-order chi connectivity index (χ1) is 34.1. The summed E-state index contributed by atoms with van der Waals surface area (Å²) in [5.74, 6) is 0.260. The van der Waals surface area contributed by atoms with Gasteiger partial charge in [-0.2, -0.15) is 0 Å². The van der Waals surface area contributed by atoms with Crippen molar-refractivity contribution in [1.82, 2.24) is 0 Å². The van der Waals surface area contributed by atoms with Crippen LogP contribution in [0.5, 0.6) is 0 Å². The Hall–Kier alpha value is -5.90. The number of benzene rings is 8. The normalized spacial score (nSPS) is 29.1. The van der Waals surface area contributed by atoms with E-state index < -0.39 is 11.6 Å². The van der Waals surface area contributed by atoms with Crippen LogP contribution in [0.1, 0.15) is 63.5 Å². The average Bonchev–Trinajstić information content (AvgIpc) is 3.37. The molecule has 8 aromatic carbocycles. The van der Waals surface area contributed by atoms with Crippen LogP contribution in [-0.4, -0.2) is 63.2 Å². The van der Waals surface area contributed by atoms with Crippen LogP contribution in [0.2, 0.25) is 0 Å². The Bertz CT molecular complexity index is 3070. The highest BCUT2D eigenvalue weighted by Gasteiger charge is 2.59. The van der Waals surface area contributed by atoms with Crippen molar-refractivity contribution in [3.8, 4) is 0 Å². The minimum Gasteiger partial charge on any atom is -0.461 e. The van der Waals surface area contributed by atoms with E-state index in [1.54, 1.807) is 14.2 Å². The first-order valence-corrected chi connectivity index (χ1v) is 25.5. The van der Waals surface area contributed by atoms with Crippen molar-refractivity contribution in [2.24, 2.45) is 35.5 Å². The minimum absolute atomic E-state index is 0.0477. The lowest BCUT2D eigenvalue weighted by molar-refractivity contribution is -0.454. The summed E-state index contributed by atoms with van der Waals surface area (Å²) < 4.78 is 37.0. The second-order valence-corrected chi connectivity index (χ2v) is 21.1. The molecule has 0 unspecified atom stereocenters. The average molecular weight is 935 g/mol. The van der Waals surface area contributed by atoms with E-state index >= 15 is 0 Å². The van der Waals surface area contributed by atoms with E-state index in [0.717, 1.165) is 60.4 Å². The fourth-order valence-electron chi connectivity index (χ4n) is 13.7. The number of rotatable bonds is 12. The van der Waals surface area contributed by atoms with Crippen molar-refractivity contribution in [3.63, 3.8) is 0 Å². The van der Waals surface area contributed by atoms with Crippen LogP contribution in [0, 0.1) is 35.5 Å². The molecule has 4 fully saturated rings. The fourth-order valence-corrected chi connectivity index (χ4v) is 13.7. The fraction of sp³-hybridized carbons (Fsp3) is 0.387. The molecule has 0 amide bonds. The van der Waals surface area contributed by atoms with E-state index in [1.807, 2.05) is 26.0 Å². The maximum absolute atomic E-state index is 13.5. The molecule has 3 saturated carbocycles. The molecule has 0 spiro atoms. The molecule has 3 aliphatic carbocycles. The molecule has 10 atom stereocenters. The third-order valence-electron chi connectivity index (χ3n) is 17.4. The van der Waals surface area contributed by atoms with Gasteiger partial charge in [0, 0.05) is 14.2 Å². The smallest absolute Gasteiger partial charge is 0.310 e. The molecule has 8 nitrogen and oxygen atoms in total. The predicted molar refractivity (Wildman–Crippen MR) is 277 cm³/mol. The summed E-state index contributed by atoms with van der Waals surface area (Å²) in [6.07, 6.45) is 15.3. The predicted octanol–water partition coefficient (Wildman–Crippen LogP) is 13.1. The van der Waals surface area contributed by atoms with Crippen molar-refractivity contribution in [2.45, 2.75) is 89.0 Å². The van der Waals surface area contributed by atoms with Crippen molar-refractivity contribution in [1.29, 1.82) is 0 Å². The Morgan fingerprint density at radius 2 is 0.843 bits per heavy atom. The van der Waals surface area contributed by atoms with Gasteiger partial charge < -0.3 is 28.4 Å². The van der Waals surface area contributed by atoms with E-state index in [0.29, 0.717) is 23.7 Å². The van der Waals surface area contributed by atoms with Crippen LogP contribution in [0.3, 0.4) is 0 Å². The van der Waals surface area contributed by atoms with Crippen LogP contribution >= 0.6 is 0 Å². The van der Waals surface area contributed by atoms with Gasteiger partial charge >= 0.3 is 11.9 Å². The highest BCUT2D eigenvalue weighted by atomic mass is 16.8. The Balaban J connectivity index is 0.732. The summed E-state index contributed by atoms with van der Waals surface area (Å²) in [5.41, 5.74) is 1.96. The van der Waals surface area contributed by atoms with Crippen molar-refractivity contribution in [3.05, 3.63) is 145 Å². The molecule has 0 radical (unpaired) electrons. The van der Waals surface area contributed by atoms with E-state index in [-0.39, 0.29) is 62.0 Å². The highest BCUT2D eigenvalue weighted by Crippen LogP contribution is 2.56. The van der Waals surface area contributed by atoms with E-state index in [1.165, 1.54) is 53.9 Å². The number of fused-ring (bicyclic) bond motifs is 3. The summed E-state index contributed by atoms with van der Waals surface area (Å²) >= 11 is 0. The van der Waals surface area contributed by atoms with Gasteiger partial charge in [-0.15, -0.1) is 0 Å². The summed E-state index contributed by atoms with van der Waals surface area (Å²) in [6, 6.07) is 38.5. The molecular formula is C62H62O8. The molecule has 4 aliphatic rings. The number of carbonyl (C=O) groups excluding carboxylic acids is 2. The van der Waals surface area contributed by atoms with E-state index in [4.69, 9.17) is 28.4 Å². The molecular weight excluding hydrogens is 873 g/mol. The Morgan fingerprint density at radius 3 is 1.24 bits per heavy atom. The number of ether oxygens (including phenoxy) is 6. The Morgan fingerprint density at radius 1 is 0.486 bits per heavy atom. The van der Waals surface area contributed by atoms with Gasteiger partial charge in [0.25, 0.3) is 0 Å². The van der Waals surface area contributed by atoms with Gasteiger partial charge in [0.15, 0.2) is 0 Å². The maximum Gasteiger partial charge on any atom is 0.310 e. The van der Waals surface area contributed by atoms with Crippen LogP contribution in [0.4, 0.5) is 0 Å². The van der Waals surface area contributed by atoms with Gasteiger partial charge in [0.1, 0.15) is 13.2 Å². The van der Waals surface area contributed by atoms with Gasteiger partial charge in [-0.3, -0.25) is 9.59 Å². The quantitative estimate of drug-likeness (QED) is 0.0680. The first-order valence-electron chi connectivity index (χ1n) is 25.5. The van der Waals surface area contributed by atoms with Gasteiger partial charge in [0.05, 0.1) is 25.0 Å². The van der Waals surface area contributed by atoms with Crippen LogP contribution in [0.15, 0.2) is 133 Å². The number of hydrogen-bond donors (Lipinski definition) is 0. The third-order valence-corrected chi connectivity index (χ3v) is 17.4. The summed E-state index contributed by atoms with van der Waals surface area (Å²) in [5, 5.41) is 14.3. The largest absolute Gasteiger partial charge is 0.461 e. The van der Waals surface area contributed by atoms with Crippen molar-refractivity contribution in [2.75, 3.05) is 27.4 Å². The number of esters is 2. The molecule has 0 bridgehead atoms. The minimum atomic E-state index is -1.00. The first kappa shape index (κ1) is 45.3. The van der Waals surface area contributed by atoms with Gasteiger partial charge in [-0.1, -0.05) is 133 Å². The van der Waals surface area contributed by atoms with Crippen molar-refractivity contribution >= 4 is 76.6 Å². The standard InChI is InChI=1S/C62H62O8/c1-61(65-3)62(2,66-4)70-54-34-50-32-48-30-44(14-8-28-68-56(64)36-46-22-20-42-18-16-38-10-6-12-40-24-26-52(46)60(42)58(38)40)43(29-47(48)31-49(50)33-53(54)69-61)13-7-27-67-55(63)35-45-21-19-41-17-15-37-9-5-11-39-23-25-51(45)59(41)57(37)39/h5-26,43-44,47-50,53-54H,27-36H2,1-4H3/b13-7+,14-8+/t43-,44-,47-,48+,49+,50-,53-,54-,61+,62+/m1/s1. The Labute approximate surface area is 409 Å². The molecule has 358 valence electrons. The third kappa shape index (κ3) is 7.92. The maximum atomic E-state index is 13.5. The molecule has 70 heavy (non-hydrogen) atoms. The number of hydrogen-bond acceptors (Lipinski definition) is 8. The number of methoxy groups -OCH3 is 2. The lowest BCUT2D eigenvalue weighted by Gasteiger charge is -2.57. The molecule has 0 aromatic heterocycles. The lowest BCUT2D eigenvalue weighted by Crippen LogP contribution is -2.66. The van der Waals surface area contributed by atoms with Crippen molar-refractivity contribution < 1.29 is 38.0 Å². The topological polar surface area (TPSA) is 89.5 Å². The molecule has 8 aromatic rings. The summed E-state index contributed by atoms with van der Waals surface area (Å²) in [4.78, 5) is 26.9. The summed E-state index contributed by atoms with van der Waals surface area (Å²) in [7, 11) is 3.32. The SMILES string of the molecule is CO[C@@]1(C)O[C@@H]2C[C@H]3C[C@@H]4C[C@@H](/C=C/COC(=O)Cc5ccc6ccc7cccc8ccc5c6c78)[C@H](/C=C/COC(=O)Cc5ccc6ccc7cccc8ccc5c6c78)C[C@@H]4C[C@H]3C[C@H]2O[C@]1(C)OC.